The van der Waals surface area contributed by atoms with Crippen LogP contribution >= 0.6 is 0 Å². The van der Waals surface area contributed by atoms with Crippen molar-refractivity contribution in [3.63, 3.8) is 0 Å². The van der Waals surface area contributed by atoms with Crippen LogP contribution in [0.1, 0.15) is 17.5 Å². The Morgan fingerprint density at radius 1 is 1.39 bits per heavy atom. The predicted octanol–water partition coefficient (Wildman–Crippen LogP) is 1.14. The lowest BCUT2D eigenvalue weighted by molar-refractivity contribution is -0.139. The number of carbonyl (C=O) groups is 2. The molecule has 1 fully saturated rings. The Labute approximate surface area is 131 Å². The molecule has 1 aliphatic heterocycles. The standard InChI is InChI=1S/C15H18F3N3O2/c1-19-13(22)8-12-14(23)20-6-7-21(12)9-10-4-2-3-5-11(10)15(16,17)18/h2-5,12H,6-9H2,1H3,(H,19,22)(H,20,23)/t12-/m1/s1. The summed E-state index contributed by atoms with van der Waals surface area (Å²) < 4.78 is 39.2. The minimum Gasteiger partial charge on any atom is -0.359 e. The molecule has 1 aromatic rings. The van der Waals surface area contributed by atoms with Gasteiger partial charge in [0, 0.05) is 26.7 Å². The third-order valence-corrected chi connectivity index (χ3v) is 3.80. The number of nitrogens with one attached hydrogen (secondary N) is 2. The largest absolute Gasteiger partial charge is 0.416 e. The van der Waals surface area contributed by atoms with Crippen molar-refractivity contribution in [3.8, 4) is 0 Å². The summed E-state index contributed by atoms with van der Waals surface area (Å²) in [5.41, 5.74) is -0.624. The molecule has 2 rings (SSSR count). The molecule has 0 bridgehead atoms. The van der Waals surface area contributed by atoms with E-state index in [9.17, 15) is 22.8 Å². The summed E-state index contributed by atoms with van der Waals surface area (Å²) in [6.45, 7) is 0.696. The van der Waals surface area contributed by atoms with Crippen LogP contribution in [0.3, 0.4) is 0 Å². The maximum Gasteiger partial charge on any atom is 0.416 e. The van der Waals surface area contributed by atoms with E-state index in [4.69, 9.17) is 0 Å². The fourth-order valence-electron chi connectivity index (χ4n) is 2.60. The molecule has 2 N–H and O–H groups in total. The smallest absolute Gasteiger partial charge is 0.359 e. The summed E-state index contributed by atoms with van der Waals surface area (Å²) in [7, 11) is 1.45. The number of benzene rings is 1. The lowest BCUT2D eigenvalue weighted by atomic mass is 10.0. The van der Waals surface area contributed by atoms with Gasteiger partial charge in [0.05, 0.1) is 18.0 Å². The highest BCUT2D eigenvalue weighted by Crippen LogP contribution is 2.32. The fraction of sp³-hybridized carbons (Fsp3) is 0.467. The second-order valence-electron chi connectivity index (χ2n) is 5.31. The normalized spacial score (nSPS) is 19.3. The van der Waals surface area contributed by atoms with Crippen molar-refractivity contribution >= 4 is 11.8 Å². The third kappa shape index (κ3) is 4.22. The number of halogens is 3. The number of amides is 2. The van der Waals surface area contributed by atoms with Crippen molar-refractivity contribution < 1.29 is 22.8 Å². The quantitative estimate of drug-likeness (QED) is 0.871. The van der Waals surface area contributed by atoms with E-state index < -0.39 is 17.8 Å². The van der Waals surface area contributed by atoms with Crippen LogP contribution in [0.4, 0.5) is 13.2 Å². The predicted molar refractivity (Wildman–Crippen MR) is 77.3 cm³/mol. The van der Waals surface area contributed by atoms with Crippen molar-refractivity contribution in [2.75, 3.05) is 20.1 Å². The molecule has 0 radical (unpaired) electrons. The van der Waals surface area contributed by atoms with E-state index in [0.717, 1.165) is 6.07 Å². The van der Waals surface area contributed by atoms with Crippen LogP contribution in [0, 0.1) is 0 Å². The summed E-state index contributed by atoms with van der Waals surface area (Å²) >= 11 is 0. The molecule has 0 unspecified atom stereocenters. The van der Waals surface area contributed by atoms with Crippen molar-refractivity contribution in [1.82, 2.24) is 15.5 Å². The van der Waals surface area contributed by atoms with Gasteiger partial charge in [-0.1, -0.05) is 18.2 Å². The highest BCUT2D eigenvalue weighted by atomic mass is 19.4. The van der Waals surface area contributed by atoms with Crippen molar-refractivity contribution in [3.05, 3.63) is 35.4 Å². The summed E-state index contributed by atoms with van der Waals surface area (Å²) in [5, 5.41) is 5.07. The first kappa shape index (κ1) is 17.3. The van der Waals surface area contributed by atoms with Gasteiger partial charge in [-0.15, -0.1) is 0 Å². The van der Waals surface area contributed by atoms with Gasteiger partial charge in [0.1, 0.15) is 0 Å². The third-order valence-electron chi connectivity index (χ3n) is 3.80. The van der Waals surface area contributed by atoms with Crippen LogP contribution < -0.4 is 10.6 Å². The zero-order valence-corrected chi connectivity index (χ0v) is 12.6. The lowest BCUT2D eigenvalue weighted by Gasteiger charge is -2.35. The van der Waals surface area contributed by atoms with Crippen LogP contribution in [-0.4, -0.2) is 42.9 Å². The average Bonchev–Trinajstić information content (AvgIpc) is 2.50. The van der Waals surface area contributed by atoms with Gasteiger partial charge in [0.25, 0.3) is 0 Å². The minimum absolute atomic E-state index is 0.0369. The van der Waals surface area contributed by atoms with Crippen LogP contribution in [0.15, 0.2) is 24.3 Å². The average molecular weight is 329 g/mol. The molecule has 8 heteroatoms. The van der Waals surface area contributed by atoms with Gasteiger partial charge in [-0.3, -0.25) is 14.5 Å². The molecule has 0 aliphatic carbocycles. The van der Waals surface area contributed by atoms with E-state index >= 15 is 0 Å². The van der Waals surface area contributed by atoms with Gasteiger partial charge in [-0.2, -0.15) is 13.2 Å². The summed E-state index contributed by atoms with van der Waals surface area (Å²) in [6, 6.07) is 4.50. The van der Waals surface area contributed by atoms with E-state index in [1.165, 1.54) is 25.2 Å². The minimum atomic E-state index is -4.45. The van der Waals surface area contributed by atoms with Crippen molar-refractivity contribution in [2.45, 2.75) is 25.2 Å². The Morgan fingerprint density at radius 2 is 2.09 bits per heavy atom. The van der Waals surface area contributed by atoms with E-state index in [2.05, 4.69) is 10.6 Å². The molecule has 0 saturated carbocycles. The number of hydrogen-bond donors (Lipinski definition) is 2. The highest BCUT2D eigenvalue weighted by Gasteiger charge is 2.36. The molecule has 2 amide bonds. The highest BCUT2D eigenvalue weighted by molar-refractivity contribution is 5.88. The molecule has 0 spiro atoms. The van der Waals surface area contributed by atoms with E-state index in [-0.39, 0.29) is 30.3 Å². The molecule has 1 heterocycles. The maximum atomic E-state index is 13.1. The zero-order chi connectivity index (χ0) is 17.0. The van der Waals surface area contributed by atoms with Crippen LogP contribution in [-0.2, 0) is 22.3 Å². The molecule has 1 atom stereocenters. The lowest BCUT2D eigenvalue weighted by Crippen LogP contribution is -2.56. The molecular formula is C15H18F3N3O2. The Balaban J connectivity index is 2.23. The molecule has 1 saturated heterocycles. The van der Waals surface area contributed by atoms with Crippen LogP contribution in [0.25, 0.3) is 0 Å². The zero-order valence-electron chi connectivity index (χ0n) is 12.6. The van der Waals surface area contributed by atoms with Gasteiger partial charge in [-0.05, 0) is 11.6 Å². The number of alkyl halides is 3. The first-order chi connectivity index (χ1) is 10.8. The topological polar surface area (TPSA) is 61.4 Å². The summed E-state index contributed by atoms with van der Waals surface area (Å²) in [6.07, 6.45) is -4.54. The van der Waals surface area contributed by atoms with Gasteiger partial charge >= 0.3 is 6.18 Å². The Morgan fingerprint density at radius 3 is 2.74 bits per heavy atom. The van der Waals surface area contributed by atoms with Gasteiger partial charge < -0.3 is 10.6 Å². The maximum absolute atomic E-state index is 13.1. The Kier molecular flexibility index (Phi) is 5.25. The Hall–Kier alpha value is -2.09. The molecule has 5 nitrogen and oxygen atoms in total. The van der Waals surface area contributed by atoms with E-state index in [1.54, 1.807) is 4.90 Å². The number of nitrogens with zero attached hydrogens (tertiary/aromatic N) is 1. The van der Waals surface area contributed by atoms with E-state index in [1.807, 2.05) is 0 Å². The molecule has 1 aliphatic rings. The number of rotatable bonds is 4. The summed E-state index contributed by atoms with van der Waals surface area (Å²) in [5.74, 6) is -0.675. The van der Waals surface area contributed by atoms with Crippen LogP contribution in [0.2, 0.25) is 0 Å². The second kappa shape index (κ2) is 6.99. The van der Waals surface area contributed by atoms with Gasteiger partial charge in [0.15, 0.2) is 0 Å². The first-order valence-corrected chi connectivity index (χ1v) is 7.20. The molecule has 1 aromatic carbocycles. The molecule has 23 heavy (non-hydrogen) atoms. The molecule has 0 aromatic heterocycles. The first-order valence-electron chi connectivity index (χ1n) is 7.20. The fourth-order valence-corrected chi connectivity index (χ4v) is 2.60. The van der Waals surface area contributed by atoms with E-state index in [0.29, 0.717) is 13.1 Å². The van der Waals surface area contributed by atoms with Crippen LogP contribution in [0.5, 0.6) is 0 Å². The van der Waals surface area contributed by atoms with Gasteiger partial charge in [-0.25, -0.2) is 0 Å². The van der Waals surface area contributed by atoms with Crippen molar-refractivity contribution in [1.29, 1.82) is 0 Å². The van der Waals surface area contributed by atoms with Gasteiger partial charge in [0.2, 0.25) is 11.8 Å². The second-order valence-corrected chi connectivity index (χ2v) is 5.31. The molecular weight excluding hydrogens is 311 g/mol. The number of hydrogen-bond acceptors (Lipinski definition) is 3. The molecule has 126 valence electrons. The SMILES string of the molecule is CNC(=O)C[C@@H]1C(=O)NCCN1Cc1ccccc1C(F)(F)F. The Bertz CT molecular complexity index is 590. The summed E-state index contributed by atoms with van der Waals surface area (Å²) in [4.78, 5) is 25.1. The van der Waals surface area contributed by atoms with Crippen molar-refractivity contribution in [2.24, 2.45) is 0 Å². The number of piperazine rings is 1. The number of carbonyl (C=O) groups excluding carboxylic acids is 2. The monoisotopic (exact) mass is 329 g/mol.